The Hall–Kier alpha value is -7.22. The fraction of sp³-hybridized carbons (Fsp3) is 0.0526. The van der Waals surface area contributed by atoms with E-state index in [2.05, 4.69) is 231 Å². The zero-order valence-electron chi connectivity index (χ0n) is 32.7. The molecule has 0 bridgehead atoms. The van der Waals surface area contributed by atoms with Gasteiger partial charge in [0.1, 0.15) is 0 Å². The standard InChI is InChI=1S/C57H41N/c1-57(2)54-36-44(53-35-43-18-8-9-19-47(43)49-21-10-11-22-50(49)53)29-32-51(54)52-33-31-46(37-55(52)57)58(45-30-28-39-16-6-7-17-42(39)34-45)56-23-13-12-20-48(56)41-26-24-40(25-27-41)38-14-4-3-5-15-38/h3-37H,1-2H3. The van der Waals surface area contributed by atoms with Gasteiger partial charge in [0, 0.05) is 22.4 Å². The number of hydrogen-bond donors (Lipinski definition) is 0. The van der Waals surface area contributed by atoms with Crippen LogP contribution in [-0.2, 0) is 5.41 Å². The van der Waals surface area contributed by atoms with Crippen molar-refractivity contribution in [2.24, 2.45) is 0 Å². The first kappa shape index (κ1) is 34.1. The van der Waals surface area contributed by atoms with Gasteiger partial charge in [0.25, 0.3) is 0 Å². The molecule has 0 aromatic heterocycles. The quantitative estimate of drug-likeness (QED) is 0.154. The van der Waals surface area contributed by atoms with Crippen LogP contribution in [0.5, 0.6) is 0 Å². The minimum atomic E-state index is -0.217. The lowest BCUT2D eigenvalue weighted by Gasteiger charge is -2.30. The minimum absolute atomic E-state index is 0.217. The summed E-state index contributed by atoms with van der Waals surface area (Å²) >= 11 is 0. The molecule has 0 unspecified atom stereocenters. The Morgan fingerprint density at radius 1 is 0.310 bits per heavy atom. The Balaban J connectivity index is 1.05. The van der Waals surface area contributed by atoms with E-state index in [9.17, 15) is 0 Å². The van der Waals surface area contributed by atoms with Crippen LogP contribution < -0.4 is 4.90 Å². The summed E-state index contributed by atoms with van der Waals surface area (Å²) in [5.74, 6) is 0. The molecule has 1 aliphatic carbocycles. The second-order valence-electron chi connectivity index (χ2n) is 16.1. The van der Waals surface area contributed by atoms with Crippen LogP contribution in [0.2, 0.25) is 0 Å². The number of benzene rings is 10. The zero-order valence-corrected chi connectivity index (χ0v) is 32.7. The Kier molecular flexibility index (Phi) is 7.91. The molecule has 0 saturated carbocycles. The van der Waals surface area contributed by atoms with Crippen molar-refractivity contribution in [3.8, 4) is 44.5 Å². The molecule has 0 atom stereocenters. The van der Waals surface area contributed by atoms with Crippen molar-refractivity contribution >= 4 is 49.4 Å². The third kappa shape index (κ3) is 5.54. The van der Waals surface area contributed by atoms with Crippen molar-refractivity contribution in [2.45, 2.75) is 19.3 Å². The van der Waals surface area contributed by atoms with Gasteiger partial charge in [0.15, 0.2) is 0 Å². The zero-order chi connectivity index (χ0) is 38.8. The van der Waals surface area contributed by atoms with Crippen LogP contribution in [0.15, 0.2) is 212 Å². The molecule has 0 aliphatic heterocycles. The number of rotatable bonds is 6. The monoisotopic (exact) mass is 739 g/mol. The van der Waals surface area contributed by atoms with Gasteiger partial charge in [-0.2, -0.15) is 0 Å². The summed E-state index contributed by atoms with van der Waals surface area (Å²) in [4.78, 5) is 2.46. The van der Waals surface area contributed by atoms with Crippen LogP contribution >= 0.6 is 0 Å². The Bertz CT molecular complexity index is 3190. The van der Waals surface area contributed by atoms with E-state index in [4.69, 9.17) is 0 Å². The number of fused-ring (bicyclic) bond motifs is 7. The lowest BCUT2D eigenvalue weighted by molar-refractivity contribution is 0.660. The first-order valence-corrected chi connectivity index (χ1v) is 20.3. The fourth-order valence-corrected chi connectivity index (χ4v) is 9.45. The normalized spacial score (nSPS) is 12.8. The van der Waals surface area contributed by atoms with E-state index in [1.54, 1.807) is 0 Å². The number of para-hydroxylation sites is 1. The SMILES string of the molecule is CC1(C)c2cc(-c3cc4ccccc4c4ccccc34)ccc2-c2ccc(N(c3ccc4ccccc4c3)c3ccccc3-c3ccc(-c4ccccc4)cc3)cc21. The van der Waals surface area contributed by atoms with Gasteiger partial charge in [0.2, 0.25) is 0 Å². The highest BCUT2D eigenvalue weighted by Crippen LogP contribution is 2.52. The summed E-state index contributed by atoms with van der Waals surface area (Å²) in [6.45, 7) is 4.79. The number of nitrogens with zero attached hydrogens (tertiary/aromatic N) is 1. The Labute approximate surface area is 340 Å². The molecular weight excluding hydrogens is 699 g/mol. The molecule has 0 amide bonds. The second kappa shape index (κ2) is 13.5. The van der Waals surface area contributed by atoms with Crippen molar-refractivity contribution in [3.05, 3.63) is 223 Å². The topological polar surface area (TPSA) is 3.24 Å². The van der Waals surface area contributed by atoms with E-state index in [-0.39, 0.29) is 5.41 Å². The van der Waals surface area contributed by atoms with Gasteiger partial charge in [-0.15, -0.1) is 0 Å². The molecule has 10 aromatic rings. The van der Waals surface area contributed by atoms with Crippen molar-refractivity contribution < 1.29 is 0 Å². The highest BCUT2D eigenvalue weighted by atomic mass is 15.1. The number of hydrogen-bond acceptors (Lipinski definition) is 1. The molecule has 1 aliphatic rings. The van der Waals surface area contributed by atoms with Crippen molar-refractivity contribution in [2.75, 3.05) is 4.90 Å². The summed E-state index contributed by atoms with van der Waals surface area (Å²) in [5, 5.41) is 7.60. The van der Waals surface area contributed by atoms with Gasteiger partial charge in [-0.1, -0.05) is 184 Å². The summed E-state index contributed by atoms with van der Waals surface area (Å²) in [7, 11) is 0. The van der Waals surface area contributed by atoms with Gasteiger partial charge in [-0.05, 0) is 125 Å². The molecule has 0 spiro atoms. The first-order valence-electron chi connectivity index (χ1n) is 20.3. The first-order chi connectivity index (χ1) is 28.5. The molecule has 58 heavy (non-hydrogen) atoms. The third-order valence-electron chi connectivity index (χ3n) is 12.4. The average Bonchev–Trinajstić information content (AvgIpc) is 3.51. The molecule has 0 radical (unpaired) electrons. The predicted molar refractivity (Wildman–Crippen MR) is 248 cm³/mol. The Morgan fingerprint density at radius 3 is 1.67 bits per heavy atom. The lowest BCUT2D eigenvalue weighted by atomic mass is 9.81. The maximum atomic E-state index is 2.46. The Morgan fingerprint density at radius 2 is 0.862 bits per heavy atom. The summed E-state index contributed by atoms with van der Waals surface area (Å²) in [5.41, 5.74) is 15.9. The van der Waals surface area contributed by atoms with Gasteiger partial charge in [-0.3, -0.25) is 0 Å². The van der Waals surface area contributed by atoms with Crippen LogP contribution in [0, 0.1) is 0 Å². The van der Waals surface area contributed by atoms with Crippen LogP contribution in [-0.4, -0.2) is 0 Å². The lowest BCUT2D eigenvalue weighted by Crippen LogP contribution is -2.17. The maximum Gasteiger partial charge on any atom is 0.0540 e. The molecule has 1 nitrogen and oxygen atoms in total. The van der Waals surface area contributed by atoms with Crippen LogP contribution in [0.1, 0.15) is 25.0 Å². The van der Waals surface area contributed by atoms with Crippen molar-refractivity contribution in [1.82, 2.24) is 0 Å². The largest absolute Gasteiger partial charge is 0.310 e. The van der Waals surface area contributed by atoms with E-state index < -0.39 is 0 Å². The number of anilines is 3. The summed E-state index contributed by atoms with van der Waals surface area (Å²) < 4.78 is 0. The van der Waals surface area contributed by atoms with Crippen LogP contribution in [0.3, 0.4) is 0 Å². The minimum Gasteiger partial charge on any atom is -0.310 e. The van der Waals surface area contributed by atoms with E-state index in [0.29, 0.717) is 0 Å². The third-order valence-corrected chi connectivity index (χ3v) is 12.4. The van der Waals surface area contributed by atoms with E-state index in [0.717, 1.165) is 17.1 Å². The predicted octanol–water partition coefficient (Wildman–Crippen LogP) is 15.9. The molecule has 0 heterocycles. The summed E-state index contributed by atoms with van der Waals surface area (Å²) in [6, 6.07) is 78.2. The molecule has 274 valence electrons. The average molecular weight is 740 g/mol. The highest BCUT2D eigenvalue weighted by molar-refractivity contribution is 6.14. The maximum absolute atomic E-state index is 2.46. The van der Waals surface area contributed by atoms with E-state index in [1.807, 2.05) is 0 Å². The van der Waals surface area contributed by atoms with E-state index >= 15 is 0 Å². The molecule has 10 aromatic carbocycles. The van der Waals surface area contributed by atoms with Crippen LogP contribution in [0.25, 0.3) is 76.8 Å². The molecule has 11 rings (SSSR count). The van der Waals surface area contributed by atoms with Crippen molar-refractivity contribution in [3.63, 3.8) is 0 Å². The van der Waals surface area contributed by atoms with Gasteiger partial charge in [0.05, 0.1) is 5.69 Å². The van der Waals surface area contributed by atoms with E-state index in [1.165, 1.54) is 88.0 Å². The second-order valence-corrected chi connectivity index (χ2v) is 16.1. The highest BCUT2D eigenvalue weighted by Gasteiger charge is 2.36. The molecule has 1 heteroatoms. The molecular formula is C57H41N. The van der Waals surface area contributed by atoms with Crippen LogP contribution in [0.4, 0.5) is 17.1 Å². The summed E-state index contributed by atoms with van der Waals surface area (Å²) in [6.07, 6.45) is 0. The van der Waals surface area contributed by atoms with Gasteiger partial charge in [-0.25, -0.2) is 0 Å². The molecule has 0 saturated heterocycles. The smallest absolute Gasteiger partial charge is 0.0540 e. The molecule has 0 fully saturated rings. The fourth-order valence-electron chi connectivity index (χ4n) is 9.45. The van der Waals surface area contributed by atoms with Gasteiger partial charge < -0.3 is 4.90 Å². The van der Waals surface area contributed by atoms with Crippen molar-refractivity contribution in [1.29, 1.82) is 0 Å². The van der Waals surface area contributed by atoms with Gasteiger partial charge >= 0.3 is 0 Å². The molecule has 0 N–H and O–H groups in total.